The summed E-state index contributed by atoms with van der Waals surface area (Å²) in [5.74, 6) is -3.35. The number of aliphatic hydroxyl groups is 1. The first kappa shape index (κ1) is 20.5. The average Bonchev–Trinajstić information content (AvgIpc) is 2.68. The minimum Gasteiger partial charge on any atom is -0.549 e. The van der Waals surface area contributed by atoms with Crippen molar-refractivity contribution in [3.05, 3.63) is 51.3 Å². The molecule has 3 rings (SSSR count). The largest absolute Gasteiger partial charge is 0.549 e. The van der Waals surface area contributed by atoms with E-state index in [1.54, 1.807) is 26.8 Å². The maximum Gasteiger partial charge on any atom is 0.340 e. The van der Waals surface area contributed by atoms with Gasteiger partial charge in [-0.1, -0.05) is 13.0 Å². The van der Waals surface area contributed by atoms with E-state index in [-0.39, 0.29) is 46.4 Å². The number of carboxylic acids is 1. The standard InChI is InChI=1S/C21H21NO7/c1-4-12(20(25)26)17-14(21(27)28-5-2)9-15-18(24)13-8-11(10(3)23)6-7-16(13)29-19(15)22-17/h6-10,12,23H,4-5H2,1-3H3,(H,25,26)/p-1. The van der Waals surface area contributed by atoms with Gasteiger partial charge in [0.05, 0.1) is 40.7 Å². The molecule has 2 heterocycles. The molecule has 0 saturated carbocycles. The number of aromatic nitrogens is 1. The van der Waals surface area contributed by atoms with Gasteiger partial charge in [0.25, 0.3) is 0 Å². The van der Waals surface area contributed by atoms with Crippen LogP contribution < -0.4 is 10.5 Å². The summed E-state index contributed by atoms with van der Waals surface area (Å²) < 4.78 is 10.7. The highest BCUT2D eigenvalue weighted by atomic mass is 16.5. The minimum absolute atomic E-state index is 0.0141. The number of hydrogen-bond donors (Lipinski definition) is 1. The van der Waals surface area contributed by atoms with E-state index in [0.717, 1.165) is 0 Å². The average molecular weight is 398 g/mol. The second kappa shape index (κ2) is 8.00. The topological polar surface area (TPSA) is 130 Å². The Kier molecular flexibility index (Phi) is 5.65. The number of carbonyl (C=O) groups is 2. The quantitative estimate of drug-likeness (QED) is 0.491. The summed E-state index contributed by atoms with van der Waals surface area (Å²) in [5, 5.41) is 21.6. The van der Waals surface area contributed by atoms with Gasteiger partial charge in [0.15, 0.2) is 0 Å². The van der Waals surface area contributed by atoms with Crippen molar-refractivity contribution in [1.82, 2.24) is 4.98 Å². The maximum atomic E-state index is 13.0. The lowest BCUT2D eigenvalue weighted by atomic mass is 9.96. The van der Waals surface area contributed by atoms with E-state index in [0.29, 0.717) is 5.56 Å². The Morgan fingerprint density at radius 1 is 1.24 bits per heavy atom. The van der Waals surface area contributed by atoms with Crippen LogP contribution in [0.5, 0.6) is 0 Å². The van der Waals surface area contributed by atoms with Gasteiger partial charge in [-0.25, -0.2) is 9.78 Å². The lowest BCUT2D eigenvalue weighted by molar-refractivity contribution is -0.308. The lowest BCUT2D eigenvalue weighted by Gasteiger charge is -2.18. The van der Waals surface area contributed by atoms with Crippen LogP contribution in [0.2, 0.25) is 0 Å². The minimum atomic E-state index is -1.39. The monoisotopic (exact) mass is 398 g/mol. The number of pyridine rings is 1. The predicted octanol–water partition coefficient (Wildman–Crippen LogP) is 1.81. The number of nitrogens with zero attached hydrogens (tertiary/aromatic N) is 1. The molecule has 0 fully saturated rings. The molecule has 3 aromatic rings. The first-order valence-corrected chi connectivity index (χ1v) is 9.25. The number of esters is 1. The van der Waals surface area contributed by atoms with Crippen molar-refractivity contribution in [2.75, 3.05) is 6.61 Å². The van der Waals surface area contributed by atoms with Gasteiger partial charge < -0.3 is 24.2 Å². The molecule has 152 valence electrons. The van der Waals surface area contributed by atoms with E-state index >= 15 is 0 Å². The second-order valence-electron chi connectivity index (χ2n) is 6.64. The first-order valence-electron chi connectivity index (χ1n) is 9.25. The molecule has 2 atom stereocenters. The van der Waals surface area contributed by atoms with Crippen molar-refractivity contribution in [1.29, 1.82) is 0 Å². The van der Waals surface area contributed by atoms with Crippen LogP contribution in [-0.4, -0.2) is 28.6 Å². The van der Waals surface area contributed by atoms with Crippen LogP contribution >= 0.6 is 0 Å². The summed E-state index contributed by atoms with van der Waals surface area (Å²) in [5.41, 5.74) is 0.0400. The molecule has 1 aromatic carbocycles. The Labute approximate surface area is 165 Å². The summed E-state index contributed by atoms with van der Waals surface area (Å²) in [6, 6.07) is 5.92. The number of carbonyl (C=O) groups excluding carboxylic acids is 2. The van der Waals surface area contributed by atoms with Crippen LogP contribution in [0.15, 0.2) is 33.5 Å². The van der Waals surface area contributed by atoms with E-state index in [4.69, 9.17) is 9.15 Å². The second-order valence-corrected chi connectivity index (χ2v) is 6.64. The number of rotatable bonds is 6. The predicted molar refractivity (Wildman–Crippen MR) is 102 cm³/mol. The molecule has 0 saturated heterocycles. The molecule has 0 bridgehead atoms. The van der Waals surface area contributed by atoms with Crippen LogP contribution in [-0.2, 0) is 9.53 Å². The maximum absolute atomic E-state index is 13.0. The summed E-state index contributed by atoms with van der Waals surface area (Å²) in [6.45, 7) is 4.88. The highest BCUT2D eigenvalue weighted by Crippen LogP contribution is 2.27. The molecular formula is C21H20NO7-. The molecule has 29 heavy (non-hydrogen) atoms. The fraction of sp³-hybridized carbons (Fsp3) is 0.333. The zero-order chi connectivity index (χ0) is 21.3. The Morgan fingerprint density at radius 3 is 2.55 bits per heavy atom. The van der Waals surface area contributed by atoms with Gasteiger partial charge in [0.1, 0.15) is 5.58 Å². The zero-order valence-corrected chi connectivity index (χ0v) is 16.2. The SMILES string of the molecule is CCOC(=O)c1cc2c(=O)c3cc(C(C)O)ccc3oc2nc1C(CC)C(=O)[O-]. The van der Waals surface area contributed by atoms with Crippen LogP contribution in [0.25, 0.3) is 22.1 Å². The summed E-state index contributed by atoms with van der Waals surface area (Å²) >= 11 is 0. The molecule has 0 radical (unpaired) electrons. The van der Waals surface area contributed by atoms with Crippen molar-refractivity contribution >= 4 is 34.0 Å². The molecule has 0 aliphatic rings. The molecule has 2 unspecified atom stereocenters. The Morgan fingerprint density at radius 2 is 1.97 bits per heavy atom. The number of benzene rings is 1. The molecule has 0 aliphatic carbocycles. The molecule has 8 heteroatoms. The van der Waals surface area contributed by atoms with Crippen molar-refractivity contribution < 1.29 is 29.0 Å². The van der Waals surface area contributed by atoms with E-state index in [2.05, 4.69) is 4.98 Å². The third-order valence-electron chi connectivity index (χ3n) is 4.72. The van der Waals surface area contributed by atoms with Crippen LogP contribution in [0.3, 0.4) is 0 Å². The molecule has 0 amide bonds. The van der Waals surface area contributed by atoms with Gasteiger partial charge in [-0.05, 0) is 44.0 Å². The smallest absolute Gasteiger partial charge is 0.340 e. The lowest BCUT2D eigenvalue weighted by Crippen LogP contribution is -2.31. The van der Waals surface area contributed by atoms with E-state index < -0.39 is 29.4 Å². The van der Waals surface area contributed by atoms with Gasteiger partial charge in [-0.2, -0.15) is 0 Å². The molecule has 1 N–H and O–H groups in total. The van der Waals surface area contributed by atoms with Crippen molar-refractivity contribution in [2.45, 2.75) is 39.2 Å². The first-order chi connectivity index (χ1) is 13.8. The van der Waals surface area contributed by atoms with E-state index in [9.17, 15) is 24.6 Å². The molecule has 0 aliphatic heterocycles. The Hall–Kier alpha value is -3.26. The van der Waals surface area contributed by atoms with Crippen molar-refractivity contribution in [2.24, 2.45) is 0 Å². The summed E-state index contributed by atoms with van der Waals surface area (Å²) in [4.78, 5) is 41.2. The number of hydrogen-bond acceptors (Lipinski definition) is 8. The van der Waals surface area contributed by atoms with Gasteiger partial charge in [0.2, 0.25) is 11.1 Å². The van der Waals surface area contributed by atoms with Gasteiger partial charge in [-0.15, -0.1) is 0 Å². The number of fused-ring (bicyclic) bond motifs is 2. The van der Waals surface area contributed by atoms with Gasteiger partial charge in [0, 0.05) is 5.92 Å². The third-order valence-corrected chi connectivity index (χ3v) is 4.72. The molecule has 8 nitrogen and oxygen atoms in total. The van der Waals surface area contributed by atoms with Crippen LogP contribution in [0, 0.1) is 0 Å². The zero-order valence-electron chi connectivity index (χ0n) is 16.2. The van der Waals surface area contributed by atoms with Crippen molar-refractivity contribution in [3.63, 3.8) is 0 Å². The molecule has 0 spiro atoms. The summed E-state index contributed by atoms with van der Waals surface area (Å²) in [6.07, 6.45) is -0.651. The highest BCUT2D eigenvalue weighted by Gasteiger charge is 2.25. The van der Waals surface area contributed by atoms with Gasteiger partial charge >= 0.3 is 5.97 Å². The normalized spacial score (nSPS) is 13.4. The number of aliphatic carboxylic acids is 1. The fourth-order valence-electron chi connectivity index (χ4n) is 3.18. The molecule has 2 aromatic heterocycles. The Balaban J connectivity index is 2.37. The molecular weight excluding hydrogens is 378 g/mol. The van der Waals surface area contributed by atoms with E-state index in [1.807, 2.05) is 0 Å². The highest BCUT2D eigenvalue weighted by molar-refractivity contribution is 5.98. The number of aliphatic hydroxyl groups excluding tert-OH is 1. The van der Waals surface area contributed by atoms with Crippen LogP contribution in [0.1, 0.15) is 60.8 Å². The number of ether oxygens (including phenoxy) is 1. The fourth-order valence-corrected chi connectivity index (χ4v) is 3.18. The third kappa shape index (κ3) is 3.71. The van der Waals surface area contributed by atoms with Gasteiger partial charge in [-0.3, -0.25) is 4.79 Å². The number of carboxylic acid groups (broad SMARTS) is 1. The summed E-state index contributed by atoms with van der Waals surface area (Å²) in [7, 11) is 0. The van der Waals surface area contributed by atoms with E-state index in [1.165, 1.54) is 18.2 Å². The van der Waals surface area contributed by atoms with Crippen LogP contribution in [0.4, 0.5) is 0 Å². The Bertz CT molecular complexity index is 1160. The van der Waals surface area contributed by atoms with Crippen molar-refractivity contribution in [3.8, 4) is 0 Å².